The molecule has 0 atom stereocenters. The van der Waals surface area contributed by atoms with E-state index < -0.39 is 10.4 Å². The average Bonchev–Trinajstić information content (AvgIpc) is 3.00. The van der Waals surface area contributed by atoms with Crippen LogP contribution in [-0.4, -0.2) is 17.5 Å². The summed E-state index contributed by atoms with van der Waals surface area (Å²) in [5.74, 6) is 0.721. The van der Waals surface area contributed by atoms with Gasteiger partial charge in [0.1, 0.15) is 0 Å². The van der Waals surface area contributed by atoms with E-state index >= 15 is 0 Å². The van der Waals surface area contributed by atoms with Crippen molar-refractivity contribution >= 4 is 109 Å². The summed E-state index contributed by atoms with van der Waals surface area (Å²) in [6, 6.07) is 32.0. The Morgan fingerprint density at radius 1 is 0.452 bits per heavy atom. The number of hydrogen-bond donors (Lipinski definition) is 2. The summed E-state index contributed by atoms with van der Waals surface area (Å²) in [5, 5.41) is 15.1. The van der Waals surface area contributed by atoms with Crippen molar-refractivity contribution in [3.63, 3.8) is 0 Å². The Hall–Kier alpha value is -4.60. The van der Waals surface area contributed by atoms with Crippen molar-refractivity contribution < 1.29 is 25.9 Å². The van der Waals surface area contributed by atoms with Crippen LogP contribution in [0.5, 0.6) is 11.5 Å². The maximum Gasteiger partial charge on any atom is 0.446 e. The summed E-state index contributed by atoms with van der Waals surface area (Å²) >= 11 is 0.342. The Morgan fingerprint density at radius 3 is 1.21 bits per heavy atom. The van der Waals surface area contributed by atoms with Gasteiger partial charge in [0, 0.05) is 32.3 Å². The van der Waals surface area contributed by atoms with Crippen LogP contribution in [-0.2, 0) is 10.4 Å². The molecule has 42 heavy (non-hydrogen) atoms. The molecule has 2 N–H and O–H groups in total. The van der Waals surface area contributed by atoms with Crippen LogP contribution in [0.3, 0.4) is 0 Å². The highest BCUT2D eigenvalue weighted by molar-refractivity contribution is 7.89. The molecule has 9 rings (SSSR count). The zero-order valence-electron chi connectivity index (χ0n) is 21.6. The van der Waals surface area contributed by atoms with Crippen molar-refractivity contribution in [2.45, 2.75) is 0 Å². The summed E-state index contributed by atoms with van der Waals surface area (Å²) < 4.78 is 54.3. The molecule has 0 saturated carbocycles. The standard InChI is InChI=1S/C34H18O6S2/c35-41-39-33-25-7-3-1-5-17(25)19-9-11-21-22-12-10-20-18-6-2-4-8-26(18)34(40-42(36,37)38)28-16-14-24(30(22)32(20)28)23-13-15-27(33)31(19)29(21)23/h1-16,35H,(H,36,37,38). The van der Waals surface area contributed by atoms with Gasteiger partial charge < -0.3 is 8.37 Å². The second-order valence-electron chi connectivity index (χ2n) is 10.6. The maximum absolute atomic E-state index is 12.0. The van der Waals surface area contributed by atoms with Crippen LogP contribution in [0.2, 0.25) is 0 Å². The first kappa shape index (κ1) is 24.0. The third-order valence-electron chi connectivity index (χ3n) is 8.62. The Labute approximate surface area is 242 Å². The Bertz CT molecular complexity index is 2680. The van der Waals surface area contributed by atoms with Crippen LogP contribution in [0, 0.1) is 0 Å². The monoisotopic (exact) mass is 586 g/mol. The lowest BCUT2D eigenvalue weighted by atomic mass is 9.83. The van der Waals surface area contributed by atoms with E-state index in [2.05, 4.69) is 36.4 Å². The van der Waals surface area contributed by atoms with Crippen molar-refractivity contribution in [3.05, 3.63) is 97.1 Å². The number of hydrogen-bond acceptors (Lipinski definition) is 6. The topological polar surface area (TPSA) is 93.1 Å². The molecule has 0 radical (unpaired) electrons. The maximum atomic E-state index is 12.0. The van der Waals surface area contributed by atoms with Crippen LogP contribution in [0.4, 0.5) is 0 Å². The molecule has 202 valence electrons. The van der Waals surface area contributed by atoms with Crippen molar-refractivity contribution in [1.82, 2.24) is 0 Å². The minimum absolute atomic E-state index is 0.106. The van der Waals surface area contributed by atoms with E-state index in [1.165, 1.54) is 0 Å². The van der Waals surface area contributed by atoms with Gasteiger partial charge in [0.2, 0.25) is 12.3 Å². The van der Waals surface area contributed by atoms with Crippen LogP contribution in [0.15, 0.2) is 97.1 Å². The van der Waals surface area contributed by atoms with Crippen molar-refractivity contribution in [2.24, 2.45) is 0 Å². The lowest BCUT2D eigenvalue weighted by Crippen LogP contribution is -2.07. The first-order valence-corrected chi connectivity index (χ1v) is 15.3. The lowest BCUT2D eigenvalue weighted by molar-refractivity contribution is 0.390. The zero-order chi connectivity index (χ0) is 28.3. The highest BCUT2D eigenvalue weighted by atomic mass is 32.3. The van der Waals surface area contributed by atoms with Gasteiger partial charge in [0.05, 0.1) is 0 Å². The van der Waals surface area contributed by atoms with E-state index in [-0.39, 0.29) is 5.75 Å². The molecular weight excluding hydrogens is 569 g/mol. The van der Waals surface area contributed by atoms with Crippen LogP contribution >= 0.6 is 12.3 Å². The molecule has 8 heteroatoms. The highest BCUT2D eigenvalue weighted by Gasteiger charge is 2.24. The second-order valence-corrected chi connectivity index (χ2v) is 11.9. The van der Waals surface area contributed by atoms with Crippen LogP contribution < -0.4 is 8.37 Å². The summed E-state index contributed by atoms with van der Waals surface area (Å²) in [5.41, 5.74) is 0. The molecule has 9 aromatic rings. The van der Waals surface area contributed by atoms with Gasteiger partial charge in [-0.15, -0.1) is 0 Å². The molecule has 9 aromatic carbocycles. The summed E-state index contributed by atoms with van der Waals surface area (Å²) in [6.45, 7) is 0. The number of benzene rings is 9. The largest absolute Gasteiger partial charge is 0.446 e. The molecule has 0 spiro atoms. The third kappa shape index (κ3) is 3.04. The van der Waals surface area contributed by atoms with E-state index in [0.717, 1.165) is 75.4 Å². The molecule has 0 aliphatic carbocycles. The predicted octanol–water partition coefficient (Wildman–Crippen LogP) is 9.47. The van der Waals surface area contributed by atoms with Gasteiger partial charge in [0.25, 0.3) is 0 Å². The molecule has 0 aliphatic heterocycles. The first-order chi connectivity index (χ1) is 20.4. The van der Waals surface area contributed by atoms with Gasteiger partial charge in [-0.3, -0.25) is 9.11 Å². The lowest BCUT2D eigenvalue weighted by Gasteiger charge is -2.21. The quantitative estimate of drug-likeness (QED) is 0.0918. The highest BCUT2D eigenvalue weighted by Crippen LogP contribution is 2.51. The predicted molar refractivity (Wildman–Crippen MR) is 172 cm³/mol. The van der Waals surface area contributed by atoms with E-state index in [4.69, 9.17) is 8.37 Å². The van der Waals surface area contributed by atoms with E-state index in [1.807, 2.05) is 54.6 Å². The van der Waals surface area contributed by atoms with Crippen molar-refractivity contribution in [2.75, 3.05) is 0 Å². The van der Waals surface area contributed by atoms with E-state index in [1.54, 1.807) is 6.07 Å². The number of rotatable bonds is 4. The minimum atomic E-state index is -4.77. The molecule has 0 aliphatic rings. The van der Waals surface area contributed by atoms with Gasteiger partial charge in [0.15, 0.2) is 11.5 Å². The molecule has 0 bridgehead atoms. The molecule has 0 saturated heterocycles. The Morgan fingerprint density at radius 2 is 0.786 bits per heavy atom. The smallest absolute Gasteiger partial charge is 0.399 e. The molecule has 0 heterocycles. The fourth-order valence-corrected chi connectivity index (χ4v) is 7.80. The van der Waals surface area contributed by atoms with E-state index in [9.17, 15) is 17.5 Å². The van der Waals surface area contributed by atoms with Gasteiger partial charge in [-0.25, -0.2) is 0 Å². The third-order valence-corrected chi connectivity index (χ3v) is 9.24. The fraction of sp³-hybridized carbons (Fsp3) is 0. The molecular formula is C34H18O6S2. The SMILES string of the molecule is O=S(=O)(O)Oc1c2ccccc2c2ccc3c4ccc5c6ccccc6c(OSO)c6ccc(c7ccc1c2c73)c4c65. The Kier molecular flexibility index (Phi) is 4.72. The molecule has 0 fully saturated rings. The zero-order valence-corrected chi connectivity index (χ0v) is 23.2. The average molecular weight is 587 g/mol. The van der Waals surface area contributed by atoms with Crippen LogP contribution in [0.25, 0.3) is 86.2 Å². The molecule has 0 unspecified atom stereocenters. The summed E-state index contributed by atoms with van der Waals surface area (Å²) in [6.07, 6.45) is 0. The van der Waals surface area contributed by atoms with Gasteiger partial charge in [-0.2, -0.15) is 8.42 Å². The van der Waals surface area contributed by atoms with E-state index in [0.29, 0.717) is 28.8 Å². The Balaban J connectivity index is 1.54. The second kappa shape index (κ2) is 8.24. The van der Waals surface area contributed by atoms with Gasteiger partial charge in [-0.05, 0) is 66.0 Å². The molecule has 0 amide bonds. The first-order valence-electron chi connectivity index (χ1n) is 13.2. The summed E-state index contributed by atoms with van der Waals surface area (Å²) in [7, 11) is -4.77. The van der Waals surface area contributed by atoms with Gasteiger partial charge >= 0.3 is 10.4 Å². The molecule has 0 aromatic heterocycles. The molecule has 6 nitrogen and oxygen atoms in total. The normalized spacial score (nSPS) is 12.8. The fourth-order valence-electron chi connectivity index (χ4n) is 7.16. The minimum Gasteiger partial charge on any atom is -0.399 e. The van der Waals surface area contributed by atoms with Gasteiger partial charge in [-0.1, -0.05) is 84.9 Å². The number of fused-ring (bicyclic) bond motifs is 6. The van der Waals surface area contributed by atoms with Crippen molar-refractivity contribution in [3.8, 4) is 11.5 Å². The summed E-state index contributed by atoms with van der Waals surface area (Å²) in [4.78, 5) is 0. The van der Waals surface area contributed by atoms with Crippen LogP contribution in [0.1, 0.15) is 0 Å². The van der Waals surface area contributed by atoms with Crippen molar-refractivity contribution in [1.29, 1.82) is 0 Å².